The van der Waals surface area contributed by atoms with Crippen molar-refractivity contribution in [1.29, 1.82) is 0 Å². The minimum absolute atomic E-state index is 0.0677. The monoisotopic (exact) mass is 151 g/mol. The summed E-state index contributed by atoms with van der Waals surface area (Å²) in [5, 5.41) is 25.3. The quantitative estimate of drug-likeness (QED) is 0.329. The normalized spacial score (nSPS) is 16.8. The van der Waals surface area contributed by atoms with Crippen LogP contribution in [0.2, 0.25) is 0 Å². The molecule has 2 unspecified atom stereocenters. The Bertz CT molecular complexity index is 80.0. The first-order valence-corrected chi connectivity index (χ1v) is 2.99. The van der Waals surface area contributed by atoms with Crippen LogP contribution in [0.1, 0.15) is 0 Å². The van der Waals surface area contributed by atoms with Crippen LogP contribution in [0.3, 0.4) is 0 Å². The summed E-state index contributed by atoms with van der Waals surface area (Å²) in [4.78, 5) is 0. The topological polar surface area (TPSA) is 95.9 Å². The van der Waals surface area contributed by atoms with Crippen LogP contribution in [0.25, 0.3) is 0 Å². The molecule has 0 aliphatic rings. The molecule has 0 aromatic rings. The molecule has 2 atom stereocenters. The number of aliphatic hydroxyl groups is 3. The molecule has 0 aliphatic carbocycles. The highest BCUT2D eigenvalue weighted by Crippen LogP contribution is 1.90. The molecule has 0 heterocycles. The molecule has 0 saturated heterocycles. The van der Waals surface area contributed by atoms with E-state index in [1.807, 2.05) is 0 Å². The van der Waals surface area contributed by atoms with Gasteiger partial charge in [0.05, 0.1) is 19.8 Å². The van der Waals surface area contributed by atoms with E-state index in [0.717, 1.165) is 0 Å². The Morgan fingerprint density at radius 1 is 1.40 bits per heavy atom. The molecular formula is C5H13NO4. The molecule has 0 saturated carbocycles. The van der Waals surface area contributed by atoms with Gasteiger partial charge >= 0.3 is 0 Å². The summed E-state index contributed by atoms with van der Waals surface area (Å²) in [5.74, 6) is 0. The number of aliphatic hydroxyl groups excluding tert-OH is 3. The minimum atomic E-state index is -1.08. The number of ether oxygens (including phenoxy) is 1. The van der Waals surface area contributed by atoms with E-state index in [4.69, 9.17) is 21.1 Å². The lowest BCUT2D eigenvalue weighted by molar-refractivity contribution is -0.0621. The first-order valence-electron chi connectivity index (χ1n) is 2.99. The van der Waals surface area contributed by atoms with Gasteiger partial charge in [0.1, 0.15) is 12.3 Å². The standard InChI is InChI=1S/C5H13NO4/c6-5(4(9)3-8)10-2-1-7/h4-5,7-9H,1-3,6H2. The van der Waals surface area contributed by atoms with Crippen molar-refractivity contribution in [1.82, 2.24) is 0 Å². The zero-order valence-corrected chi connectivity index (χ0v) is 5.60. The first-order chi connectivity index (χ1) is 4.72. The summed E-state index contributed by atoms with van der Waals surface area (Å²) in [7, 11) is 0. The Morgan fingerprint density at radius 2 is 2.00 bits per heavy atom. The van der Waals surface area contributed by atoms with E-state index in [0.29, 0.717) is 0 Å². The van der Waals surface area contributed by atoms with Crippen molar-refractivity contribution in [3.63, 3.8) is 0 Å². The molecule has 0 amide bonds. The predicted molar refractivity (Wildman–Crippen MR) is 34.1 cm³/mol. The molecule has 0 radical (unpaired) electrons. The van der Waals surface area contributed by atoms with Gasteiger partial charge in [-0.15, -0.1) is 0 Å². The second-order valence-corrected chi connectivity index (χ2v) is 1.81. The number of nitrogens with two attached hydrogens (primary N) is 1. The second kappa shape index (κ2) is 5.57. The molecule has 0 fully saturated rings. The average molecular weight is 151 g/mol. The smallest absolute Gasteiger partial charge is 0.134 e. The van der Waals surface area contributed by atoms with E-state index in [-0.39, 0.29) is 13.2 Å². The van der Waals surface area contributed by atoms with Gasteiger partial charge in [-0.1, -0.05) is 0 Å². The summed E-state index contributed by atoms with van der Waals surface area (Å²) in [5.41, 5.74) is 5.17. The van der Waals surface area contributed by atoms with E-state index in [1.54, 1.807) is 0 Å². The summed E-state index contributed by atoms with van der Waals surface area (Å²) < 4.78 is 4.66. The van der Waals surface area contributed by atoms with Crippen molar-refractivity contribution >= 4 is 0 Å². The zero-order valence-electron chi connectivity index (χ0n) is 5.60. The van der Waals surface area contributed by atoms with Gasteiger partial charge in [-0.05, 0) is 0 Å². The SMILES string of the molecule is NC(OCCO)C(O)CO. The van der Waals surface area contributed by atoms with Gasteiger partial charge in [0.15, 0.2) is 0 Å². The molecular weight excluding hydrogens is 138 g/mol. The summed E-state index contributed by atoms with van der Waals surface area (Å²) in [6.07, 6.45) is -2.00. The van der Waals surface area contributed by atoms with Crippen LogP contribution in [-0.2, 0) is 4.74 Å². The molecule has 0 spiro atoms. The molecule has 62 valence electrons. The van der Waals surface area contributed by atoms with E-state index in [1.165, 1.54) is 0 Å². The molecule has 5 nitrogen and oxygen atoms in total. The lowest BCUT2D eigenvalue weighted by Crippen LogP contribution is -2.40. The van der Waals surface area contributed by atoms with Gasteiger partial charge in [-0.2, -0.15) is 0 Å². The average Bonchev–Trinajstić information content (AvgIpc) is 1.98. The van der Waals surface area contributed by atoms with Gasteiger partial charge in [-0.25, -0.2) is 0 Å². The van der Waals surface area contributed by atoms with E-state index < -0.39 is 18.9 Å². The Labute approximate surface area is 59.0 Å². The lowest BCUT2D eigenvalue weighted by Gasteiger charge is -2.16. The van der Waals surface area contributed by atoms with Crippen LogP contribution in [0, 0.1) is 0 Å². The second-order valence-electron chi connectivity index (χ2n) is 1.81. The molecule has 10 heavy (non-hydrogen) atoms. The van der Waals surface area contributed by atoms with Crippen LogP contribution >= 0.6 is 0 Å². The fourth-order valence-corrected chi connectivity index (χ4v) is 0.404. The maximum atomic E-state index is 8.77. The molecule has 0 bridgehead atoms. The van der Waals surface area contributed by atoms with Crippen molar-refractivity contribution < 1.29 is 20.1 Å². The number of rotatable bonds is 5. The van der Waals surface area contributed by atoms with Crippen molar-refractivity contribution in [3.05, 3.63) is 0 Å². The molecule has 0 rings (SSSR count). The fourth-order valence-electron chi connectivity index (χ4n) is 0.404. The third-order valence-electron chi connectivity index (χ3n) is 0.968. The first kappa shape index (κ1) is 9.80. The van der Waals surface area contributed by atoms with E-state index in [2.05, 4.69) is 4.74 Å². The van der Waals surface area contributed by atoms with Crippen LogP contribution in [0.5, 0.6) is 0 Å². The molecule has 0 aliphatic heterocycles. The van der Waals surface area contributed by atoms with E-state index in [9.17, 15) is 0 Å². The van der Waals surface area contributed by atoms with Crippen molar-refractivity contribution in [2.45, 2.75) is 12.3 Å². The van der Waals surface area contributed by atoms with Gasteiger partial charge in [0.25, 0.3) is 0 Å². The molecule has 5 heteroatoms. The summed E-state index contributed by atoms with van der Waals surface area (Å²) >= 11 is 0. The van der Waals surface area contributed by atoms with Gasteiger partial charge in [-0.3, -0.25) is 0 Å². The van der Waals surface area contributed by atoms with Crippen LogP contribution in [0.15, 0.2) is 0 Å². The lowest BCUT2D eigenvalue weighted by atomic mass is 10.3. The molecule has 5 N–H and O–H groups in total. The van der Waals surface area contributed by atoms with Crippen LogP contribution in [0.4, 0.5) is 0 Å². The van der Waals surface area contributed by atoms with Crippen molar-refractivity contribution in [2.75, 3.05) is 19.8 Å². The largest absolute Gasteiger partial charge is 0.394 e. The highest BCUT2D eigenvalue weighted by atomic mass is 16.5. The van der Waals surface area contributed by atoms with Crippen LogP contribution in [-0.4, -0.2) is 47.5 Å². The van der Waals surface area contributed by atoms with Gasteiger partial charge < -0.3 is 25.8 Å². The van der Waals surface area contributed by atoms with Gasteiger partial charge in [0, 0.05) is 0 Å². The van der Waals surface area contributed by atoms with Crippen molar-refractivity contribution in [3.8, 4) is 0 Å². The zero-order chi connectivity index (χ0) is 7.98. The number of hydrogen-bond donors (Lipinski definition) is 4. The summed E-state index contributed by atoms with van der Waals surface area (Å²) in [6.45, 7) is -0.517. The maximum absolute atomic E-state index is 8.77. The third-order valence-corrected chi connectivity index (χ3v) is 0.968. The Hall–Kier alpha value is -0.200. The third kappa shape index (κ3) is 3.76. The Morgan fingerprint density at radius 3 is 2.40 bits per heavy atom. The molecule has 0 aromatic carbocycles. The Balaban J connectivity index is 3.31. The highest BCUT2D eigenvalue weighted by molar-refractivity contribution is 4.59. The maximum Gasteiger partial charge on any atom is 0.134 e. The Kier molecular flexibility index (Phi) is 5.46. The highest BCUT2D eigenvalue weighted by Gasteiger charge is 2.12. The number of hydrogen-bond acceptors (Lipinski definition) is 5. The van der Waals surface area contributed by atoms with Crippen LogP contribution < -0.4 is 5.73 Å². The van der Waals surface area contributed by atoms with Gasteiger partial charge in [0.2, 0.25) is 0 Å². The molecule has 0 aromatic heterocycles. The fraction of sp³-hybridized carbons (Fsp3) is 1.00. The summed E-state index contributed by atoms with van der Waals surface area (Å²) in [6, 6.07) is 0. The predicted octanol–water partition coefficient (Wildman–Crippen LogP) is -2.37. The van der Waals surface area contributed by atoms with Crippen molar-refractivity contribution in [2.24, 2.45) is 5.73 Å². The minimum Gasteiger partial charge on any atom is -0.394 e. The van der Waals surface area contributed by atoms with E-state index >= 15 is 0 Å².